The quantitative estimate of drug-likeness (QED) is 0.690. The Hall–Kier alpha value is -1.89. The van der Waals surface area contributed by atoms with Crippen LogP contribution in [0, 0.1) is 5.92 Å². The third kappa shape index (κ3) is 3.44. The highest BCUT2D eigenvalue weighted by Gasteiger charge is 2.63. The zero-order valence-electron chi connectivity index (χ0n) is 20.2. The van der Waals surface area contributed by atoms with E-state index in [1.54, 1.807) is 0 Å². The van der Waals surface area contributed by atoms with Crippen LogP contribution in [0.25, 0.3) is 0 Å². The van der Waals surface area contributed by atoms with E-state index in [0.717, 1.165) is 76.8 Å². The molecule has 2 saturated heterocycles. The van der Waals surface area contributed by atoms with Crippen LogP contribution in [0.4, 0.5) is 0 Å². The Morgan fingerprint density at radius 3 is 2.65 bits per heavy atom. The Morgan fingerprint density at radius 2 is 1.82 bits per heavy atom. The fourth-order valence-corrected chi connectivity index (χ4v) is 7.51. The van der Waals surface area contributed by atoms with Crippen LogP contribution in [0.15, 0.2) is 30.6 Å². The van der Waals surface area contributed by atoms with Crippen molar-refractivity contribution in [3.63, 3.8) is 0 Å². The molecule has 0 radical (unpaired) electrons. The van der Waals surface area contributed by atoms with Gasteiger partial charge in [0.05, 0.1) is 18.3 Å². The molecule has 2 bridgehead atoms. The maximum Gasteiger partial charge on any atom is 0.115 e. The van der Waals surface area contributed by atoms with Gasteiger partial charge in [0.2, 0.25) is 0 Å². The predicted molar refractivity (Wildman–Crippen MR) is 131 cm³/mol. The summed E-state index contributed by atoms with van der Waals surface area (Å²) in [4.78, 5) is 5.18. The van der Waals surface area contributed by atoms with Crippen molar-refractivity contribution in [1.29, 1.82) is 0 Å². The van der Waals surface area contributed by atoms with Crippen molar-refractivity contribution in [2.45, 2.75) is 80.9 Å². The van der Waals surface area contributed by atoms with Crippen molar-refractivity contribution >= 4 is 0 Å². The summed E-state index contributed by atoms with van der Waals surface area (Å²) in [6.07, 6.45) is 13.3. The molecule has 6 nitrogen and oxygen atoms in total. The van der Waals surface area contributed by atoms with E-state index in [-0.39, 0.29) is 11.5 Å². The number of benzene rings is 1. The van der Waals surface area contributed by atoms with E-state index < -0.39 is 5.60 Å². The molecule has 4 fully saturated rings. The standard InChI is InChI=1S/C28H38N4O2/c33-24-6-5-22-15-26-28(34)9-11-30(13-14-32-19-23(17-29-32)21-3-4-21)10-7-27(28,25(22)16-24)8-12-31(26)18-20-1-2-20/h5-6,16-17,19-21,26,33-34H,1-4,7-15,18H2. The second-order valence-corrected chi connectivity index (χ2v) is 11.9. The Balaban J connectivity index is 1.16. The smallest absolute Gasteiger partial charge is 0.115 e. The van der Waals surface area contributed by atoms with Crippen LogP contribution in [-0.4, -0.2) is 74.2 Å². The van der Waals surface area contributed by atoms with Crippen LogP contribution in [0.2, 0.25) is 0 Å². The molecule has 182 valence electrons. The first-order chi connectivity index (χ1) is 16.5. The average Bonchev–Trinajstić information content (AvgIpc) is 3.76. The third-order valence-electron chi connectivity index (χ3n) is 9.87. The summed E-state index contributed by atoms with van der Waals surface area (Å²) in [5.41, 5.74) is 2.96. The van der Waals surface area contributed by atoms with Gasteiger partial charge in [-0.15, -0.1) is 0 Å². The molecule has 1 aromatic carbocycles. The Kier molecular flexibility index (Phi) is 4.91. The van der Waals surface area contributed by atoms with Gasteiger partial charge in [0.25, 0.3) is 0 Å². The topological polar surface area (TPSA) is 64.8 Å². The lowest BCUT2D eigenvalue weighted by Gasteiger charge is -2.61. The van der Waals surface area contributed by atoms with E-state index in [1.807, 2.05) is 12.1 Å². The number of aliphatic hydroxyl groups is 1. The molecular formula is C28H38N4O2. The van der Waals surface area contributed by atoms with Gasteiger partial charge in [-0.05, 0) is 105 Å². The van der Waals surface area contributed by atoms with Gasteiger partial charge in [-0.1, -0.05) is 6.07 Å². The van der Waals surface area contributed by atoms with Crippen molar-refractivity contribution in [3.8, 4) is 5.75 Å². The van der Waals surface area contributed by atoms with E-state index in [9.17, 15) is 10.2 Å². The summed E-state index contributed by atoms with van der Waals surface area (Å²) in [7, 11) is 0. The first-order valence-electron chi connectivity index (χ1n) is 13.6. The van der Waals surface area contributed by atoms with Crippen LogP contribution in [0.5, 0.6) is 5.75 Å². The fraction of sp³-hybridized carbons (Fsp3) is 0.679. The van der Waals surface area contributed by atoms with Crippen LogP contribution in [-0.2, 0) is 18.4 Å². The van der Waals surface area contributed by atoms with Gasteiger partial charge in [0.1, 0.15) is 5.75 Å². The second kappa shape index (κ2) is 7.81. The number of hydrogen-bond donors (Lipinski definition) is 2. The van der Waals surface area contributed by atoms with Crippen molar-refractivity contribution < 1.29 is 10.2 Å². The van der Waals surface area contributed by atoms with E-state index >= 15 is 0 Å². The highest BCUT2D eigenvalue weighted by Crippen LogP contribution is 2.56. The SMILES string of the molecule is Oc1ccc2c(c1)C13CCN(CCn4cc(C5CC5)cn4)CCC1(O)C(C2)N(CC1CC1)CC3. The minimum atomic E-state index is -0.736. The van der Waals surface area contributed by atoms with E-state index in [2.05, 4.69) is 38.0 Å². The summed E-state index contributed by atoms with van der Waals surface area (Å²) in [5, 5.41) is 27.6. The van der Waals surface area contributed by atoms with Gasteiger partial charge in [-0.2, -0.15) is 5.10 Å². The van der Waals surface area contributed by atoms with Gasteiger partial charge < -0.3 is 15.1 Å². The van der Waals surface area contributed by atoms with Crippen molar-refractivity contribution in [2.75, 3.05) is 32.7 Å². The van der Waals surface area contributed by atoms with Gasteiger partial charge in [-0.3, -0.25) is 9.58 Å². The number of likely N-dealkylation sites (tertiary alicyclic amines) is 2. The highest BCUT2D eigenvalue weighted by molar-refractivity contribution is 5.48. The summed E-state index contributed by atoms with van der Waals surface area (Å²) in [6, 6.07) is 6.12. The summed E-state index contributed by atoms with van der Waals surface area (Å²) < 4.78 is 2.11. The van der Waals surface area contributed by atoms with Crippen LogP contribution in [0.3, 0.4) is 0 Å². The van der Waals surface area contributed by atoms with E-state index in [1.165, 1.54) is 42.4 Å². The third-order valence-corrected chi connectivity index (χ3v) is 9.87. The minimum absolute atomic E-state index is 0.186. The lowest BCUT2D eigenvalue weighted by Crippen LogP contribution is -2.71. The number of aromatic nitrogens is 2. The molecule has 3 heterocycles. The second-order valence-electron chi connectivity index (χ2n) is 11.9. The molecular weight excluding hydrogens is 424 g/mol. The van der Waals surface area contributed by atoms with Gasteiger partial charge in [0.15, 0.2) is 0 Å². The number of nitrogens with zero attached hydrogens (tertiary/aromatic N) is 4. The molecule has 0 amide bonds. The number of piperidine rings is 1. The van der Waals surface area contributed by atoms with Gasteiger partial charge in [0, 0.05) is 37.3 Å². The molecule has 34 heavy (non-hydrogen) atoms. The predicted octanol–water partition coefficient (Wildman–Crippen LogP) is 3.27. The maximum atomic E-state index is 12.6. The molecule has 7 rings (SSSR count). The molecule has 3 atom stereocenters. The number of phenolic OH excluding ortho intramolecular Hbond substituents is 1. The van der Waals surface area contributed by atoms with Crippen LogP contribution in [0.1, 0.15) is 67.6 Å². The van der Waals surface area contributed by atoms with Crippen molar-refractivity contribution in [3.05, 3.63) is 47.3 Å². The van der Waals surface area contributed by atoms with Gasteiger partial charge >= 0.3 is 0 Å². The largest absolute Gasteiger partial charge is 0.508 e. The van der Waals surface area contributed by atoms with Crippen LogP contribution >= 0.6 is 0 Å². The Morgan fingerprint density at radius 1 is 1.00 bits per heavy atom. The molecule has 2 N–H and O–H groups in total. The first-order valence-corrected chi connectivity index (χ1v) is 13.6. The Bertz CT molecular complexity index is 1080. The number of aromatic hydroxyl groups is 1. The summed E-state index contributed by atoms with van der Waals surface area (Å²) >= 11 is 0. The normalized spacial score (nSPS) is 33.9. The molecule has 3 aliphatic carbocycles. The molecule has 2 aromatic rings. The average molecular weight is 463 g/mol. The van der Waals surface area contributed by atoms with Crippen LogP contribution < -0.4 is 0 Å². The minimum Gasteiger partial charge on any atom is -0.508 e. The molecule has 6 heteroatoms. The number of hydrogen-bond acceptors (Lipinski definition) is 5. The summed E-state index contributed by atoms with van der Waals surface area (Å²) in [5.74, 6) is 1.91. The number of rotatable bonds is 6. The van der Waals surface area contributed by atoms with Crippen molar-refractivity contribution in [2.24, 2.45) is 5.92 Å². The van der Waals surface area contributed by atoms with Crippen molar-refractivity contribution in [1.82, 2.24) is 19.6 Å². The first kappa shape index (κ1) is 21.4. The Labute approximate surface area is 202 Å². The monoisotopic (exact) mass is 462 g/mol. The van der Waals surface area contributed by atoms with E-state index in [0.29, 0.717) is 5.75 Å². The number of fused-ring (bicyclic) bond motifs is 1. The molecule has 3 unspecified atom stereocenters. The number of phenols is 1. The lowest BCUT2D eigenvalue weighted by molar-refractivity contribution is -0.149. The fourth-order valence-electron chi connectivity index (χ4n) is 7.51. The summed E-state index contributed by atoms with van der Waals surface area (Å²) in [6.45, 7) is 6.01. The molecule has 2 aliphatic heterocycles. The highest BCUT2D eigenvalue weighted by atomic mass is 16.3. The molecule has 0 spiro atoms. The zero-order chi connectivity index (χ0) is 22.9. The zero-order valence-corrected chi connectivity index (χ0v) is 20.2. The molecule has 1 aromatic heterocycles. The maximum absolute atomic E-state index is 12.6. The lowest BCUT2D eigenvalue weighted by atomic mass is 9.52. The van der Waals surface area contributed by atoms with E-state index in [4.69, 9.17) is 0 Å². The molecule has 2 saturated carbocycles. The molecule has 5 aliphatic rings. The van der Waals surface area contributed by atoms with Gasteiger partial charge in [-0.25, -0.2) is 0 Å².